The highest BCUT2D eigenvalue weighted by Gasteiger charge is 2.00. The zero-order valence-corrected chi connectivity index (χ0v) is 10.0. The van der Waals surface area contributed by atoms with Gasteiger partial charge in [0, 0.05) is 18.9 Å². The predicted molar refractivity (Wildman–Crippen MR) is 64.4 cm³/mol. The van der Waals surface area contributed by atoms with E-state index >= 15 is 0 Å². The van der Waals surface area contributed by atoms with E-state index in [9.17, 15) is 0 Å². The van der Waals surface area contributed by atoms with Crippen molar-refractivity contribution in [3.05, 3.63) is 23.9 Å². The predicted octanol–water partition coefficient (Wildman–Crippen LogP) is 0.547. The third-order valence-corrected chi connectivity index (χ3v) is 2.09. The number of hydrogen-bond donors (Lipinski definition) is 2. The zero-order valence-electron chi connectivity index (χ0n) is 10.0. The quantitative estimate of drug-likeness (QED) is 0.373. The first kappa shape index (κ1) is 13.9. The van der Waals surface area contributed by atoms with Gasteiger partial charge in [-0.15, -0.1) is 0 Å². The minimum Gasteiger partial charge on any atom is -0.382 e. The molecule has 1 aromatic heterocycles. The number of pyridine rings is 1. The van der Waals surface area contributed by atoms with Crippen LogP contribution < -0.4 is 11.3 Å². The van der Waals surface area contributed by atoms with Crippen LogP contribution in [0.3, 0.4) is 0 Å². The van der Waals surface area contributed by atoms with Crippen molar-refractivity contribution in [1.29, 1.82) is 0 Å². The molecule has 0 aliphatic rings. The molecule has 0 saturated carbocycles. The van der Waals surface area contributed by atoms with E-state index in [0.29, 0.717) is 38.9 Å². The lowest BCUT2D eigenvalue weighted by Gasteiger charge is -2.08. The van der Waals surface area contributed by atoms with Gasteiger partial charge in [-0.25, -0.2) is 10.8 Å². The number of rotatable bonds is 9. The minimum atomic E-state index is 0.459. The van der Waals surface area contributed by atoms with Crippen LogP contribution in [-0.2, 0) is 20.8 Å². The number of ether oxygens (including phenoxy) is 3. The first-order valence-electron chi connectivity index (χ1n) is 5.43. The molecule has 0 amide bonds. The second-order valence-corrected chi connectivity index (χ2v) is 3.31. The summed E-state index contributed by atoms with van der Waals surface area (Å²) in [5.41, 5.74) is 3.45. The van der Waals surface area contributed by atoms with Crippen molar-refractivity contribution < 1.29 is 14.2 Å². The van der Waals surface area contributed by atoms with Gasteiger partial charge in [-0.05, 0) is 6.07 Å². The summed E-state index contributed by atoms with van der Waals surface area (Å²) < 4.78 is 15.6. The van der Waals surface area contributed by atoms with Crippen LogP contribution in [0, 0.1) is 0 Å². The number of anilines is 1. The number of methoxy groups -OCH3 is 1. The van der Waals surface area contributed by atoms with Gasteiger partial charge in [0.25, 0.3) is 0 Å². The van der Waals surface area contributed by atoms with Gasteiger partial charge in [-0.3, -0.25) is 0 Å². The molecule has 0 fully saturated rings. The molecule has 3 N–H and O–H groups in total. The van der Waals surface area contributed by atoms with E-state index in [4.69, 9.17) is 20.1 Å². The molecule has 0 aliphatic heterocycles. The van der Waals surface area contributed by atoms with Crippen molar-refractivity contribution in [2.75, 3.05) is 39.0 Å². The van der Waals surface area contributed by atoms with Crippen LogP contribution in [0.2, 0.25) is 0 Å². The van der Waals surface area contributed by atoms with E-state index in [0.717, 1.165) is 5.56 Å². The Morgan fingerprint density at radius 3 is 2.76 bits per heavy atom. The van der Waals surface area contributed by atoms with Crippen LogP contribution in [-0.4, -0.2) is 38.5 Å². The summed E-state index contributed by atoms with van der Waals surface area (Å²) in [6, 6.07) is 3.75. The molecular formula is C11H19N3O3. The highest BCUT2D eigenvalue weighted by Crippen LogP contribution is 2.10. The van der Waals surface area contributed by atoms with Crippen molar-refractivity contribution >= 4 is 5.82 Å². The van der Waals surface area contributed by atoms with Crippen molar-refractivity contribution in [2.24, 2.45) is 5.84 Å². The van der Waals surface area contributed by atoms with Gasteiger partial charge in [0.15, 0.2) is 0 Å². The fraction of sp³-hybridized carbons (Fsp3) is 0.545. The van der Waals surface area contributed by atoms with Crippen LogP contribution >= 0.6 is 0 Å². The highest BCUT2D eigenvalue weighted by molar-refractivity contribution is 5.41. The van der Waals surface area contributed by atoms with Crippen molar-refractivity contribution in [2.45, 2.75) is 6.61 Å². The lowest BCUT2D eigenvalue weighted by molar-refractivity contribution is 0.0200. The average molecular weight is 241 g/mol. The molecule has 1 aromatic rings. The highest BCUT2D eigenvalue weighted by atomic mass is 16.5. The summed E-state index contributed by atoms with van der Waals surface area (Å²) in [5.74, 6) is 5.96. The maximum atomic E-state index is 5.44. The second kappa shape index (κ2) is 8.89. The Morgan fingerprint density at radius 2 is 2.00 bits per heavy atom. The molecule has 0 atom stereocenters. The smallest absolute Gasteiger partial charge is 0.145 e. The summed E-state index contributed by atoms with van der Waals surface area (Å²) in [4.78, 5) is 4.07. The molecule has 0 aromatic carbocycles. The summed E-state index contributed by atoms with van der Waals surface area (Å²) in [5, 5.41) is 0. The van der Waals surface area contributed by atoms with E-state index in [1.54, 1.807) is 13.3 Å². The second-order valence-electron chi connectivity index (χ2n) is 3.31. The molecule has 6 heteroatoms. The third-order valence-electron chi connectivity index (χ3n) is 2.09. The molecule has 0 spiro atoms. The Morgan fingerprint density at radius 1 is 1.24 bits per heavy atom. The van der Waals surface area contributed by atoms with E-state index in [-0.39, 0.29) is 0 Å². The number of nitrogens with one attached hydrogen (secondary N) is 1. The van der Waals surface area contributed by atoms with Crippen molar-refractivity contribution in [3.63, 3.8) is 0 Å². The molecule has 17 heavy (non-hydrogen) atoms. The monoisotopic (exact) mass is 241 g/mol. The van der Waals surface area contributed by atoms with Crippen molar-refractivity contribution in [3.8, 4) is 0 Å². The Hall–Kier alpha value is -1.21. The number of hydrogen-bond acceptors (Lipinski definition) is 6. The SMILES string of the molecule is COCCOCCOCc1cccnc1NN. The Balaban J connectivity index is 2.13. The van der Waals surface area contributed by atoms with Crippen LogP contribution in [0.1, 0.15) is 5.56 Å². The summed E-state index contributed by atoms with van der Waals surface area (Å²) >= 11 is 0. The molecule has 0 bridgehead atoms. The largest absolute Gasteiger partial charge is 0.382 e. The zero-order chi connectivity index (χ0) is 12.3. The summed E-state index contributed by atoms with van der Waals surface area (Å²) in [6.07, 6.45) is 1.67. The first-order valence-corrected chi connectivity index (χ1v) is 5.43. The maximum Gasteiger partial charge on any atom is 0.145 e. The molecule has 0 radical (unpaired) electrons. The molecular weight excluding hydrogens is 222 g/mol. The van der Waals surface area contributed by atoms with Crippen LogP contribution in [0.15, 0.2) is 18.3 Å². The van der Waals surface area contributed by atoms with Gasteiger partial charge in [0.05, 0.1) is 33.0 Å². The normalized spacial score (nSPS) is 10.5. The molecule has 0 unspecified atom stereocenters. The Bertz CT molecular complexity index is 310. The van der Waals surface area contributed by atoms with E-state index in [1.165, 1.54) is 0 Å². The van der Waals surface area contributed by atoms with E-state index in [2.05, 4.69) is 10.4 Å². The van der Waals surface area contributed by atoms with Gasteiger partial charge in [0.2, 0.25) is 0 Å². The lowest BCUT2D eigenvalue weighted by atomic mass is 10.3. The average Bonchev–Trinajstić information content (AvgIpc) is 2.38. The number of nitrogens with two attached hydrogens (primary N) is 1. The van der Waals surface area contributed by atoms with Crippen LogP contribution in [0.5, 0.6) is 0 Å². The molecule has 0 aliphatic carbocycles. The number of hydrazine groups is 1. The third kappa shape index (κ3) is 5.60. The Kier molecular flexibility index (Phi) is 7.24. The van der Waals surface area contributed by atoms with Gasteiger partial charge in [-0.2, -0.15) is 0 Å². The van der Waals surface area contributed by atoms with E-state index in [1.807, 2.05) is 12.1 Å². The molecule has 6 nitrogen and oxygen atoms in total. The first-order chi connectivity index (χ1) is 8.38. The van der Waals surface area contributed by atoms with E-state index < -0.39 is 0 Å². The fourth-order valence-corrected chi connectivity index (χ4v) is 1.23. The molecule has 96 valence electrons. The van der Waals surface area contributed by atoms with Gasteiger partial charge < -0.3 is 19.6 Å². The lowest BCUT2D eigenvalue weighted by Crippen LogP contribution is -2.12. The van der Waals surface area contributed by atoms with Crippen LogP contribution in [0.25, 0.3) is 0 Å². The topological polar surface area (TPSA) is 78.6 Å². The minimum absolute atomic E-state index is 0.459. The van der Waals surface area contributed by atoms with Crippen molar-refractivity contribution in [1.82, 2.24) is 4.98 Å². The number of aromatic nitrogens is 1. The number of nitrogens with zero attached hydrogens (tertiary/aromatic N) is 1. The maximum absolute atomic E-state index is 5.44. The Labute approximate surface area is 101 Å². The molecule has 1 rings (SSSR count). The summed E-state index contributed by atoms with van der Waals surface area (Å²) in [6.45, 7) is 2.73. The molecule has 1 heterocycles. The van der Waals surface area contributed by atoms with Gasteiger partial charge in [-0.1, -0.05) is 6.07 Å². The standard InChI is InChI=1S/C11H19N3O3/c1-15-5-6-16-7-8-17-9-10-3-2-4-13-11(10)14-12/h2-4H,5-9,12H2,1H3,(H,13,14). The van der Waals surface area contributed by atoms with Crippen LogP contribution in [0.4, 0.5) is 5.82 Å². The number of nitrogen functional groups attached to an aromatic ring is 1. The van der Waals surface area contributed by atoms with Gasteiger partial charge in [0.1, 0.15) is 5.82 Å². The van der Waals surface area contributed by atoms with Gasteiger partial charge >= 0.3 is 0 Å². The fourth-order valence-electron chi connectivity index (χ4n) is 1.23. The summed E-state index contributed by atoms with van der Waals surface area (Å²) in [7, 11) is 1.64. The molecule has 0 saturated heterocycles.